The Hall–Kier alpha value is -1.58. The topological polar surface area (TPSA) is 35.5 Å². The molecule has 0 heterocycles. The van der Waals surface area contributed by atoms with Crippen molar-refractivity contribution in [1.29, 1.82) is 0 Å². The first-order chi connectivity index (χ1) is 8.60. The van der Waals surface area contributed by atoms with Crippen LogP contribution in [0.15, 0.2) is 24.3 Å². The van der Waals surface area contributed by atoms with Gasteiger partial charge in [0.15, 0.2) is 0 Å². The molecule has 0 aromatic heterocycles. The normalized spacial score (nSPS) is 18.1. The molecule has 0 unspecified atom stereocenters. The molecule has 0 radical (unpaired) electrons. The van der Waals surface area contributed by atoms with Gasteiger partial charge in [0.25, 0.3) is 5.79 Å². The minimum Gasteiger partial charge on any atom is -0.452 e. The van der Waals surface area contributed by atoms with E-state index in [1.165, 1.54) is 19.1 Å². The van der Waals surface area contributed by atoms with E-state index < -0.39 is 5.79 Å². The number of ether oxygens (including phenoxy) is 2. The van der Waals surface area contributed by atoms with Crippen molar-refractivity contribution >= 4 is 5.97 Å². The zero-order valence-corrected chi connectivity index (χ0v) is 10.4. The molecule has 18 heavy (non-hydrogen) atoms. The van der Waals surface area contributed by atoms with Crippen LogP contribution in [0, 0.1) is 5.82 Å². The highest BCUT2D eigenvalue weighted by molar-refractivity contribution is 5.66. The molecule has 0 N–H and O–H groups in total. The van der Waals surface area contributed by atoms with Crippen molar-refractivity contribution in [2.45, 2.75) is 44.8 Å². The van der Waals surface area contributed by atoms with Crippen LogP contribution in [-0.4, -0.2) is 11.8 Å². The molecule has 1 aliphatic rings. The zero-order valence-electron chi connectivity index (χ0n) is 10.4. The van der Waals surface area contributed by atoms with E-state index in [0.29, 0.717) is 18.6 Å². The second kappa shape index (κ2) is 5.38. The number of hydrogen-bond donors (Lipinski definition) is 0. The van der Waals surface area contributed by atoms with Gasteiger partial charge in [0.1, 0.15) is 11.6 Å². The van der Waals surface area contributed by atoms with Crippen LogP contribution in [0.4, 0.5) is 4.39 Å². The van der Waals surface area contributed by atoms with Gasteiger partial charge in [0.05, 0.1) is 0 Å². The van der Waals surface area contributed by atoms with Crippen molar-refractivity contribution in [1.82, 2.24) is 0 Å². The summed E-state index contributed by atoms with van der Waals surface area (Å²) in [4.78, 5) is 11.2. The zero-order chi connectivity index (χ0) is 13.0. The molecule has 0 bridgehead atoms. The van der Waals surface area contributed by atoms with Gasteiger partial charge in [-0.1, -0.05) is 6.42 Å². The van der Waals surface area contributed by atoms with Crippen molar-refractivity contribution in [3.8, 4) is 5.75 Å². The van der Waals surface area contributed by atoms with Crippen LogP contribution >= 0.6 is 0 Å². The summed E-state index contributed by atoms with van der Waals surface area (Å²) in [7, 11) is 0. The Balaban J connectivity index is 2.13. The molecule has 0 saturated heterocycles. The first-order valence-corrected chi connectivity index (χ1v) is 6.24. The third-order valence-corrected chi connectivity index (χ3v) is 3.06. The van der Waals surface area contributed by atoms with E-state index >= 15 is 0 Å². The van der Waals surface area contributed by atoms with E-state index in [1.807, 2.05) is 0 Å². The Morgan fingerprint density at radius 2 is 1.78 bits per heavy atom. The molecular weight excluding hydrogens is 235 g/mol. The van der Waals surface area contributed by atoms with Crippen LogP contribution < -0.4 is 4.74 Å². The molecule has 2 rings (SSSR count). The summed E-state index contributed by atoms with van der Waals surface area (Å²) in [6, 6.07) is 5.77. The molecule has 0 aliphatic heterocycles. The van der Waals surface area contributed by atoms with Gasteiger partial charge >= 0.3 is 5.97 Å². The SMILES string of the molecule is CC(=O)OC1(Oc2ccc(F)cc2)CCCCC1. The maximum atomic E-state index is 12.8. The summed E-state index contributed by atoms with van der Waals surface area (Å²) in [5.41, 5.74) is 0. The number of hydrogen-bond acceptors (Lipinski definition) is 3. The Morgan fingerprint density at radius 1 is 1.17 bits per heavy atom. The summed E-state index contributed by atoms with van der Waals surface area (Å²) >= 11 is 0. The fraction of sp³-hybridized carbons (Fsp3) is 0.500. The van der Waals surface area contributed by atoms with Crippen LogP contribution in [0.2, 0.25) is 0 Å². The minimum absolute atomic E-state index is 0.312. The lowest BCUT2D eigenvalue weighted by atomic mass is 9.94. The highest BCUT2D eigenvalue weighted by Gasteiger charge is 2.37. The lowest BCUT2D eigenvalue weighted by molar-refractivity contribution is -0.206. The second-order valence-corrected chi connectivity index (χ2v) is 4.62. The molecule has 1 aliphatic carbocycles. The summed E-state index contributed by atoms with van der Waals surface area (Å²) in [6.45, 7) is 1.38. The predicted molar refractivity (Wildman–Crippen MR) is 64.6 cm³/mol. The Bertz CT molecular complexity index is 408. The van der Waals surface area contributed by atoms with Crippen molar-refractivity contribution in [2.24, 2.45) is 0 Å². The standard InChI is InChI=1S/C14H17FO3/c1-11(16)17-14(9-3-2-4-10-14)18-13-7-5-12(15)6-8-13/h5-8H,2-4,9-10H2,1H3. The number of esters is 1. The van der Waals surface area contributed by atoms with E-state index in [9.17, 15) is 9.18 Å². The van der Waals surface area contributed by atoms with E-state index in [0.717, 1.165) is 19.3 Å². The minimum atomic E-state index is -0.873. The Kier molecular flexibility index (Phi) is 3.84. The maximum absolute atomic E-state index is 12.8. The van der Waals surface area contributed by atoms with Gasteiger partial charge in [-0.05, 0) is 37.1 Å². The van der Waals surface area contributed by atoms with Crippen molar-refractivity contribution in [3.63, 3.8) is 0 Å². The quantitative estimate of drug-likeness (QED) is 0.610. The van der Waals surface area contributed by atoms with Crippen molar-refractivity contribution in [2.75, 3.05) is 0 Å². The van der Waals surface area contributed by atoms with Crippen LogP contribution in [-0.2, 0) is 9.53 Å². The summed E-state index contributed by atoms with van der Waals surface area (Å²) < 4.78 is 24.0. The molecule has 0 amide bonds. The number of halogens is 1. The van der Waals surface area contributed by atoms with Crippen molar-refractivity contribution < 1.29 is 18.7 Å². The van der Waals surface area contributed by atoms with Crippen LogP contribution in [0.1, 0.15) is 39.0 Å². The van der Waals surface area contributed by atoms with Gasteiger partial charge in [0, 0.05) is 19.8 Å². The fourth-order valence-corrected chi connectivity index (χ4v) is 2.29. The van der Waals surface area contributed by atoms with Gasteiger partial charge in [-0.25, -0.2) is 4.39 Å². The highest BCUT2D eigenvalue weighted by atomic mass is 19.1. The number of carbonyl (C=O) groups is 1. The third-order valence-electron chi connectivity index (χ3n) is 3.06. The first-order valence-electron chi connectivity index (χ1n) is 6.24. The van der Waals surface area contributed by atoms with Crippen LogP contribution in [0.25, 0.3) is 0 Å². The Morgan fingerprint density at radius 3 is 2.33 bits per heavy atom. The summed E-state index contributed by atoms with van der Waals surface area (Å²) in [5.74, 6) is -1.01. The van der Waals surface area contributed by atoms with E-state index in [1.54, 1.807) is 12.1 Å². The molecule has 1 saturated carbocycles. The lowest BCUT2D eigenvalue weighted by Crippen LogP contribution is -2.42. The van der Waals surface area contributed by atoms with Gasteiger partial charge in [-0.3, -0.25) is 4.79 Å². The van der Waals surface area contributed by atoms with E-state index in [-0.39, 0.29) is 11.8 Å². The first kappa shape index (κ1) is 12.9. The average molecular weight is 252 g/mol. The largest absolute Gasteiger partial charge is 0.452 e. The Labute approximate surface area is 106 Å². The van der Waals surface area contributed by atoms with Gasteiger partial charge in [-0.2, -0.15) is 0 Å². The summed E-state index contributed by atoms with van der Waals surface area (Å²) in [6.07, 6.45) is 4.42. The van der Waals surface area contributed by atoms with E-state index in [2.05, 4.69) is 0 Å². The molecule has 1 aromatic rings. The van der Waals surface area contributed by atoms with Crippen LogP contribution in [0.5, 0.6) is 5.75 Å². The number of benzene rings is 1. The van der Waals surface area contributed by atoms with Gasteiger partial charge in [0.2, 0.25) is 0 Å². The molecule has 98 valence electrons. The van der Waals surface area contributed by atoms with Crippen LogP contribution in [0.3, 0.4) is 0 Å². The number of rotatable bonds is 3. The molecule has 3 nitrogen and oxygen atoms in total. The fourth-order valence-electron chi connectivity index (χ4n) is 2.29. The van der Waals surface area contributed by atoms with Gasteiger partial charge in [-0.15, -0.1) is 0 Å². The van der Waals surface area contributed by atoms with E-state index in [4.69, 9.17) is 9.47 Å². The molecule has 1 aromatic carbocycles. The lowest BCUT2D eigenvalue weighted by Gasteiger charge is -2.36. The molecule has 0 atom stereocenters. The predicted octanol–water partition coefficient (Wildman–Crippen LogP) is 3.43. The monoisotopic (exact) mass is 252 g/mol. The van der Waals surface area contributed by atoms with Crippen molar-refractivity contribution in [3.05, 3.63) is 30.1 Å². The molecular formula is C14H17FO3. The second-order valence-electron chi connectivity index (χ2n) is 4.62. The molecule has 4 heteroatoms. The molecule has 1 fully saturated rings. The average Bonchev–Trinajstić information content (AvgIpc) is 2.32. The summed E-state index contributed by atoms with van der Waals surface area (Å²) in [5, 5.41) is 0. The maximum Gasteiger partial charge on any atom is 0.305 e. The number of carbonyl (C=O) groups excluding carboxylic acids is 1. The third kappa shape index (κ3) is 3.22. The molecule has 0 spiro atoms. The van der Waals surface area contributed by atoms with Gasteiger partial charge < -0.3 is 9.47 Å². The smallest absolute Gasteiger partial charge is 0.305 e. The highest BCUT2D eigenvalue weighted by Crippen LogP contribution is 2.34.